The number of carbonyl (C=O) groups excluding carboxylic acids is 1. The molecule has 0 N–H and O–H groups in total. The highest BCUT2D eigenvalue weighted by atomic mass is 28.4. The second kappa shape index (κ2) is 9.35. The van der Waals surface area contributed by atoms with Crippen LogP contribution in [0, 0.1) is 17.8 Å². The van der Waals surface area contributed by atoms with Crippen molar-refractivity contribution in [2.24, 2.45) is 17.8 Å². The van der Waals surface area contributed by atoms with Gasteiger partial charge in [0.2, 0.25) is 0 Å². The summed E-state index contributed by atoms with van der Waals surface area (Å²) in [5, 5.41) is 0. The topological polar surface area (TPSA) is 54.0 Å². The number of hydrogen-bond donors (Lipinski definition) is 0. The van der Waals surface area contributed by atoms with Crippen molar-refractivity contribution in [2.75, 3.05) is 32.8 Å². The van der Waals surface area contributed by atoms with Crippen molar-refractivity contribution in [3.63, 3.8) is 0 Å². The predicted octanol–water partition coefficient (Wildman–Crippen LogP) is 3.36. The molecule has 2 bridgehead atoms. The summed E-state index contributed by atoms with van der Waals surface area (Å²) >= 11 is 0. The Labute approximate surface area is 166 Å². The van der Waals surface area contributed by atoms with Crippen LogP contribution in [0.15, 0.2) is 0 Å². The summed E-state index contributed by atoms with van der Waals surface area (Å²) in [6, 6.07) is 0. The van der Waals surface area contributed by atoms with Crippen LogP contribution in [-0.4, -0.2) is 64.5 Å². The Morgan fingerprint density at radius 3 is 1.93 bits per heavy atom. The Morgan fingerprint density at radius 1 is 1.00 bits per heavy atom. The van der Waals surface area contributed by atoms with Crippen LogP contribution in [-0.2, 0) is 22.5 Å². The molecular formula is C20H40NO5Si+. The molecule has 7 heteroatoms. The predicted molar refractivity (Wildman–Crippen MR) is 107 cm³/mol. The molecule has 3 aliphatic heterocycles. The van der Waals surface area contributed by atoms with E-state index in [4.69, 9.17) is 17.7 Å². The Morgan fingerprint density at radius 2 is 1.52 bits per heavy atom. The summed E-state index contributed by atoms with van der Waals surface area (Å²) < 4.78 is 25.6. The fourth-order valence-electron chi connectivity index (χ4n) is 4.63. The Kier molecular flexibility index (Phi) is 7.90. The van der Waals surface area contributed by atoms with Gasteiger partial charge in [-0.15, -0.1) is 0 Å². The van der Waals surface area contributed by atoms with E-state index in [1.54, 1.807) is 0 Å². The fourth-order valence-corrected chi connectivity index (χ4v) is 6.83. The lowest BCUT2D eigenvalue weighted by atomic mass is 10.0. The van der Waals surface area contributed by atoms with Crippen molar-refractivity contribution in [3.8, 4) is 0 Å². The van der Waals surface area contributed by atoms with Crippen LogP contribution >= 0.6 is 0 Å². The minimum atomic E-state index is -3.48. The molecule has 0 aromatic heterocycles. The summed E-state index contributed by atoms with van der Waals surface area (Å²) in [7, 11) is -3.48. The Balaban J connectivity index is 2.39. The summed E-state index contributed by atoms with van der Waals surface area (Å²) in [6.45, 7) is 19.1. The fraction of sp³-hybridized carbons (Fsp3) is 0.950. The zero-order chi connectivity index (χ0) is 20.2. The van der Waals surface area contributed by atoms with Crippen LogP contribution in [0.5, 0.6) is 0 Å². The van der Waals surface area contributed by atoms with Gasteiger partial charge in [0.15, 0.2) is 0 Å². The van der Waals surface area contributed by atoms with Gasteiger partial charge >= 0.3 is 9.05 Å². The third-order valence-corrected chi connectivity index (χ3v) is 7.48. The smallest absolute Gasteiger partial charge is 0.452 e. The molecular weight excluding hydrogens is 362 g/mol. The molecule has 2 atom stereocenters. The minimum Gasteiger partial charge on any atom is -0.452 e. The van der Waals surface area contributed by atoms with E-state index in [2.05, 4.69) is 41.5 Å². The van der Waals surface area contributed by atoms with Gasteiger partial charge in [-0.25, -0.2) is 0 Å². The van der Waals surface area contributed by atoms with Crippen molar-refractivity contribution in [1.82, 2.24) is 0 Å². The molecule has 3 aliphatic rings. The average Bonchev–Trinajstić information content (AvgIpc) is 2.40. The van der Waals surface area contributed by atoms with Crippen molar-refractivity contribution >= 4 is 15.0 Å². The number of hydrogen-bond acceptors (Lipinski definition) is 5. The molecule has 0 aromatic rings. The lowest BCUT2D eigenvalue weighted by Crippen LogP contribution is -2.69. The Hall–Kier alpha value is -0.473. The van der Waals surface area contributed by atoms with Crippen molar-refractivity contribution in [1.29, 1.82) is 0 Å². The van der Waals surface area contributed by atoms with Crippen LogP contribution in [0.4, 0.5) is 0 Å². The lowest BCUT2D eigenvalue weighted by molar-refractivity contribution is -0.938. The zero-order valence-corrected chi connectivity index (χ0v) is 19.3. The summed E-state index contributed by atoms with van der Waals surface area (Å²) in [5.41, 5.74) is 0. The van der Waals surface area contributed by atoms with E-state index < -0.39 is 15.0 Å². The average molecular weight is 403 g/mol. The van der Waals surface area contributed by atoms with E-state index >= 15 is 0 Å². The number of nitrogens with zero attached hydrogens (tertiary/aromatic N) is 1. The maximum Gasteiger partial charge on any atom is 0.752 e. The third kappa shape index (κ3) is 6.82. The maximum absolute atomic E-state index is 11.8. The first-order chi connectivity index (χ1) is 12.5. The van der Waals surface area contributed by atoms with E-state index in [1.165, 1.54) is 6.92 Å². The van der Waals surface area contributed by atoms with E-state index in [0.29, 0.717) is 24.4 Å². The molecule has 0 radical (unpaired) electrons. The second-order valence-corrected chi connectivity index (χ2v) is 11.7. The summed E-state index contributed by atoms with van der Waals surface area (Å²) in [4.78, 5) is 11.8. The van der Waals surface area contributed by atoms with Gasteiger partial charge in [-0.3, -0.25) is 4.79 Å². The molecule has 3 heterocycles. The van der Waals surface area contributed by atoms with Crippen molar-refractivity contribution in [3.05, 3.63) is 0 Å². The van der Waals surface area contributed by atoms with Gasteiger partial charge in [-0.1, -0.05) is 41.5 Å². The normalized spacial score (nSPS) is 34.6. The van der Waals surface area contributed by atoms with Crippen molar-refractivity contribution in [2.45, 2.75) is 73.5 Å². The van der Waals surface area contributed by atoms with Crippen LogP contribution in [0.1, 0.15) is 61.3 Å². The number of quaternary nitrogens is 1. The van der Waals surface area contributed by atoms with E-state index in [9.17, 15) is 4.79 Å². The highest BCUT2D eigenvalue weighted by Gasteiger charge is 2.59. The molecule has 0 amide bonds. The molecule has 0 spiro atoms. The first-order valence-electron chi connectivity index (χ1n) is 10.6. The second-order valence-electron chi connectivity index (χ2n) is 9.69. The first kappa shape index (κ1) is 22.8. The molecule has 0 saturated carbocycles. The van der Waals surface area contributed by atoms with Gasteiger partial charge < -0.3 is 22.2 Å². The largest absolute Gasteiger partial charge is 0.752 e. The van der Waals surface area contributed by atoms with Gasteiger partial charge in [-0.2, -0.15) is 0 Å². The zero-order valence-electron chi connectivity index (χ0n) is 18.3. The van der Waals surface area contributed by atoms with Gasteiger partial charge in [0.1, 0.15) is 31.8 Å². The number of carbonyl (C=O) groups is 1. The molecule has 0 aromatic carbocycles. The van der Waals surface area contributed by atoms with Gasteiger partial charge in [0, 0.05) is 12.8 Å². The highest BCUT2D eigenvalue weighted by Crippen LogP contribution is 2.32. The van der Waals surface area contributed by atoms with E-state index in [1.807, 2.05) is 0 Å². The molecule has 3 saturated heterocycles. The van der Waals surface area contributed by atoms with Crippen LogP contribution in [0.3, 0.4) is 0 Å². The van der Waals surface area contributed by atoms with Gasteiger partial charge in [0.05, 0.1) is 13.2 Å². The lowest BCUT2D eigenvalue weighted by Gasteiger charge is -2.50. The molecule has 2 unspecified atom stereocenters. The molecule has 158 valence electrons. The SMILES string of the molecule is CC(=O)O[Si]12OCC[N+](CC(C)C)(CC(CC(C)C)O1)CC(CC(C)C)O2. The minimum absolute atomic E-state index is 0.0185. The Bertz CT molecular complexity index is 475. The molecule has 27 heavy (non-hydrogen) atoms. The summed E-state index contributed by atoms with van der Waals surface area (Å²) in [5.74, 6) is 1.17. The van der Waals surface area contributed by atoms with Gasteiger partial charge in [-0.05, 0) is 24.7 Å². The number of rotatable bonds is 7. The quantitative estimate of drug-likeness (QED) is 0.483. The molecule has 6 nitrogen and oxygen atoms in total. The van der Waals surface area contributed by atoms with Gasteiger partial charge in [0.25, 0.3) is 5.97 Å². The highest BCUT2D eigenvalue weighted by molar-refractivity contribution is 6.55. The standard InChI is InChI=1S/C20H40NO5Si/c1-15(2)10-19-13-21(12-17(5)6)8-9-23-27(25-19,24-18(7)22)26-20(14-21)11-16(3)4/h15-17,19-20H,8-14H2,1-7H3/q+1. The van der Waals surface area contributed by atoms with E-state index in [-0.39, 0.29) is 12.2 Å². The molecule has 0 aliphatic carbocycles. The molecule has 3 fully saturated rings. The molecule has 3 rings (SSSR count). The van der Waals surface area contributed by atoms with Crippen LogP contribution < -0.4 is 0 Å². The number of fused-ring (bicyclic) bond motifs is 6. The van der Waals surface area contributed by atoms with Crippen LogP contribution in [0.2, 0.25) is 0 Å². The maximum atomic E-state index is 11.8. The van der Waals surface area contributed by atoms with Crippen LogP contribution in [0.25, 0.3) is 0 Å². The third-order valence-electron chi connectivity index (χ3n) is 5.14. The van der Waals surface area contributed by atoms with Crippen molar-refractivity contribution < 1.29 is 27.0 Å². The summed E-state index contributed by atoms with van der Waals surface area (Å²) in [6.07, 6.45) is 1.79. The first-order valence-corrected chi connectivity index (χ1v) is 12.2. The van der Waals surface area contributed by atoms with E-state index in [0.717, 1.165) is 43.5 Å². The monoisotopic (exact) mass is 402 g/mol.